The Kier molecular flexibility index (Phi) is 5.43. The number of aliphatic hydroxyl groups excluding tert-OH is 1. The molecule has 3 atom stereocenters. The molecule has 11 nitrogen and oxygen atoms in total. The molecule has 4 rings (SSSR count). The van der Waals surface area contributed by atoms with Crippen LogP contribution in [-0.4, -0.2) is 49.9 Å². The van der Waals surface area contributed by atoms with E-state index in [4.69, 9.17) is 16.0 Å². The molecule has 0 spiro atoms. The maximum Gasteiger partial charge on any atom is 0.224 e. The van der Waals surface area contributed by atoms with Crippen LogP contribution in [0.1, 0.15) is 18.2 Å². The molecule has 29 heavy (non-hydrogen) atoms. The molecule has 1 aliphatic heterocycles. The third-order valence-electron chi connectivity index (χ3n) is 4.88. The fourth-order valence-electron chi connectivity index (χ4n) is 3.48. The summed E-state index contributed by atoms with van der Waals surface area (Å²) in [7, 11) is 0. The zero-order valence-corrected chi connectivity index (χ0v) is 15.6. The summed E-state index contributed by atoms with van der Waals surface area (Å²) in [4.78, 5) is 15.9. The highest BCUT2D eigenvalue weighted by molar-refractivity contribution is 5.84. The number of nitrogens with one attached hydrogen (secondary N) is 1. The number of anilines is 2. The Morgan fingerprint density at radius 2 is 2.17 bits per heavy atom. The Morgan fingerprint density at radius 3 is 2.93 bits per heavy atom. The number of nitrogen functional groups attached to an aromatic ring is 1. The van der Waals surface area contributed by atoms with E-state index in [1.165, 1.54) is 5.56 Å². The van der Waals surface area contributed by atoms with Gasteiger partial charge in [0.15, 0.2) is 17.0 Å². The standard InChI is InChI=1S/C18H21N9O2/c19-18-23-16(21-7-6-11-4-2-1-3-5-11)15-17(24-18)27(10-22-15)14-8-12(25-26-20)13(9-28)29-14/h1-5,10,12-14,28H,6-9H2,(H3,19,21,23,24)/t12-,13+,14+/m0/s1. The number of ether oxygens (including phenoxy) is 1. The number of nitrogens with two attached hydrogens (primary N) is 1. The first kappa shape index (κ1) is 18.9. The normalized spacial score (nSPS) is 21.2. The summed E-state index contributed by atoms with van der Waals surface area (Å²) >= 11 is 0. The van der Waals surface area contributed by atoms with E-state index in [-0.39, 0.29) is 12.6 Å². The molecule has 0 radical (unpaired) electrons. The summed E-state index contributed by atoms with van der Waals surface area (Å²) in [5, 5.41) is 16.5. The van der Waals surface area contributed by atoms with Gasteiger partial charge in [0.2, 0.25) is 5.95 Å². The van der Waals surface area contributed by atoms with Crippen molar-refractivity contribution in [2.45, 2.75) is 31.2 Å². The number of aliphatic hydroxyl groups is 1. The van der Waals surface area contributed by atoms with Crippen LogP contribution < -0.4 is 11.1 Å². The third-order valence-corrected chi connectivity index (χ3v) is 4.88. The molecule has 4 N–H and O–H groups in total. The van der Waals surface area contributed by atoms with Gasteiger partial charge in [-0.3, -0.25) is 4.57 Å². The second kappa shape index (κ2) is 8.31. The van der Waals surface area contributed by atoms with Gasteiger partial charge in [-0.2, -0.15) is 9.97 Å². The average Bonchev–Trinajstić information content (AvgIpc) is 3.32. The average molecular weight is 395 g/mol. The quantitative estimate of drug-likeness (QED) is 0.313. The monoisotopic (exact) mass is 395 g/mol. The minimum Gasteiger partial charge on any atom is -0.394 e. The maximum absolute atomic E-state index is 9.48. The molecular formula is C18H21N9O2. The number of aromatic nitrogens is 4. The van der Waals surface area contributed by atoms with Crippen molar-refractivity contribution in [1.82, 2.24) is 19.5 Å². The minimum absolute atomic E-state index is 0.116. The second-order valence-corrected chi connectivity index (χ2v) is 6.74. The van der Waals surface area contributed by atoms with Crippen molar-refractivity contribution in [3.8, 4) is 0 Å². The Balaban J connectivity index is 1.56. The Bertz CT molecular complexity index is 1030. The third kappa shape index (κ3) is 3.92. The largest absolute Gasteiger partial charge is 0.394 e. The maximum atomic E-state index is 9.48. The lowest BCUT2D eigenvalue weighted by molar-refractivity contribution is -0.0232. The van der Waals surface area contributed by atoms with Crippen LogP contribution >= 0.6 is 0 Å². The molecule has 0 bridgehead atoms. The van der Waals surface area contributed by atoms with Gasteiger partial charge in [-0.25, -0.2) is 4.98 Å². The zero-order chi connectivity index (χ0) is 20.2. The molecule has 1 aromatic carbocycles. The SMILES string of the molecule is [N-]=[N+]=N[C@H]1C[C@H](n2cnc3c(NCCc4ccccc4)nc(N)nc32)O[C@@H]1CO. The molecule has 0 aliphatic carbocycles. The fraction of sp³-hybridized carbons (Fsp3) is 0.389. The summed E-state index contributed by atoms with van der Waals surface area (Å²) in [6.45, 7) is 0.421. The molecule has 1 saturated heterocycles. The number of imidazole rings is 1. The molecule has 0 unspecified atom stereocenters. The fourth-order valence-corrected chi connectivity index (χ4v) is 3.48. The van der Waals surface area contributed by atoms with Crippen LogP contribution in [0.4, 0.5) is 11.8 Å². The summed E-state index contributed by atoms with van der Waals surface area (Å²) in [6, 6.07) is 9.66. The van der Waals surface area contributed by atoms with Gasteiger partial charge in [-0.15, -0.1) is 0 Å². The molecule has 0 saturated carbocycles. The van der Waals surface area contributed by atoms with E-state index in [2.05, 4.69) is 42.4 Å². The Morgan fingerprint density at radius 1 is 1.34 bits per heavy atom. The predicted octanol–water partition coefficient (Wildman–Crippen LogP) is 2.02. The van der Waals surface area contributed by atoms with Gasteiger partial charge < -0.3 is 20.9 Å². The van der Waals surface area contributed by atoms with Crippen LogP contribution in [0.5, 0.6) is 0 Å². The van der Waals surface area contributed by atoms with Crippen molar-refractivity contribution in [2.24, 2.45) is 5.11 Å². The van der Waals surface area contributed by atoms with Crippen molar-refractivity contribution in [2.75, 3.05) is 24.2 Å². The summed E-state index contributed by atoms with van der Waals surface area (Å²) in [5.74, 6) is 0.662. The lowest BCUT2D eigenvalue weighted by Gasteiger charge is -2.14. The van der Waals surface area contributed by atoms with E-state index in [1.807, 2.05) is 18.2 Å². The highest BCUT2D eigenvalue weighted by atomic mass is 16.5. The Hall–Kier alpha value is -3.40. The number of nitrogens with zero attached hydrogens (tertiary/aromatic N) is 7. The van der Waals surface area contributed by atoms with Crippen molar-refractivity contribution >= 4 is 22.9 Å². The molecule has 3 aromatic rings. The molecule has 150 valence electrons. The van der Waals surface area contributed by atoms with E-state index < -0.39 is 18.4 Å². The van der Waals surface area contributed by atoms with Crippen LogP contribution in [0.3, 0.4) is 0 Å². The molecule has 1 aliphatic rings. The topological polar surface area (TPSA) is 160 Å². The number of hydrogen-bond acceptors (Lipinski definition) is 8. The van der Waals surface area contributed by atoms with E-state index in [9.17, 15) is 5.11 Å². The number of hydrogen-bond donors (Lipinski definition) is 3. The molecule has 3 heterocycles. The molecule has 0 amide bonds. The van der Waals surface area contributed by atoms with Gasteiger partial charge in [0.05, 0.1) is 25.1 Å². The van der Waals surface area contributed by atoms with Gasteiger partial charge >= 0.3 is 0 Å². The molecule has 2 aromatic heterocycles. The number of benzene rings is 1. The zero-order valence-electron chi connectivity index (χ0n) is 15.6. The van der Waals surface area contributed by atoms with E-state index in [0.717, 1.165) is 6.42 Å². The lowest BCUT2D eigenvalue weighted by atomic mass is 10.1. The minimum atomic E-state index is -0.573. The Labute approximate surface area is 166 Å². The van der Waals surface area contributed by atoms with Crippen molar-refractivity contribution in [3.63, 3.8) is 0 Å². The first-order valence-electron chi connectivity index (χ1n) is 9.28. The summed E-state index contributed by atoms with van der Waals surface area (Å²) < 4.78 is 7.56. The summed E-state index contributed by atoms with van der Waals surface area (Å²) in [5.41, 5.74) is 16.9. The van der Waals surface area contributed by atoms with Crippen molar-refractivity contribution in [3.05, 3.63) is 52.7 Å². The van der Waals surface area contributed by atoms with Crippen LogP contribution in [0.2, 0.25) is 0 Å². The van der Waals surface area contributed by atoms with Crippen LogP contribution in [0.25, 0.3) is 21.6 Å². The summed E-state index contributed by atoms with van der Waals surface area (Å²) in [6.07, 6.45) is 1.78. The lowest BCUT2D eigenvalue weighted by Crippen LogP contribution is -2.22. The van der Waals surface area contributed by atoms with Gasteiger partial charge in [0, 0.05) is 17.9 Å². The van der Waals surface area contributed by atoms with Gasteiger partial charge in [-0.1, -0.05) is 35.4 Å². The van der Waals surface area contributed by atoms with Crippen LogP contribution in [0.15, 0.2) is 41.8 Å². The smallest absolute Gasteiger partial charge is 0.224 e. The van der Waals surface area contributed by atoms with Crippen LogP contribution in [0, 0.1) is 0 Å². The first-order valence-corrected chi connectivity index (χ1v) is 9.28. The van der Waals surface area contributed by atoms with Gasteiger partial charge in [0.1, 0.15) is 6.23 Å². The molecule has 11 heteroatoms. The van der Waals surface area contributed by atoms with E-state index in [1.54, 1.807) is 10.9 Å². The number of azide groups is 1. The molecular weight excluding hydrogens is 374 g/mol. The van der Waals surface area contributed by atoms with E-state index in [0.29, 0.717) is 29.9 Å². The number of fused-ring (bicyclic) bond motifs is 1. The number of rotatable bonds is 7. The first-order chi connectivity index (χ1) is 14.2. The van der Waals surface area contributed by atoms with Gasteiger partial charge in [-0.05, 0) is 17.5 Å². The highest BCUT2D eigenvalue weighted by Crippen LogP contribution is 2.33. The predicted molar refractivity (Wildman–Crippen MR) is 107 cm³/mol. The highest BCUT2D eigenvalue weighted by Gasteiger charge is 2.36. The van der Waals surface area contributed by atoms with Crippen LogP contribution in [-0.2, 0) is 11.2 Å². The van der Waals surface area contributed by atoms with Crippen molar-refractivity contribution in [1.29, 1.82) is 0 Å². The van der Waals surface area contributed by atoms with E-state index >= 15 is 0 Å². The second-order valence-electron chi connectivity index (χ2n) is 6.74. The van der Waals surface area contributed by atoms with Crippen molar-refractivity contribution < 1.29 is 9.84 Å². The van der Waals surface area contributed by atoms with Gasteiger partial charge in [0.25, 0.3) is 0 Å². The molecule has 1 fully saturated rings.